The number of urea groups is 1. The minimum Gasteiger partial charge on any atom is -0.315 e. The van der Waals surface area contributed by atoms with Gasteiger partial charge in [-0.3, -0.25) is 9.69 Å². The fourth-order valence-electron chi connectivity index (χ4n) is 1.11. The summed E-state index contributed by atoms with van der Waals surface area (Å²) in [5, 5.41) is 2.48. The molecule has 0 radical (unpaired) electrons. The fraction of sp³-hybridized carbons (Fsp3) is 0.714. The van der Waals surface area contributed by atoms with Gasteiger partial charge in [-0.15, -0.1) is 12.6 Å². The van der Waals surface area contributed by atoms with Crippen molar-refractivity contribution in [3.05, 3.63) is 0 Å². The lowest BCUT2D eigenvalue weighted by Gasteiger charge is -2.13. The van der Waals surface area contributed by atoms with Crippen LogP contribution in [0.2, 0.25) is 0 Å². The molecular formula is C7H12N2O2S. The molecule has 0 spiro atoms. The number of hydrogen-bond donors (Lipinski definition) is 2. The molecule has 0 aliphatic carbocycles. The number of carbonyl (C=O) groups is 2. The van der Waals surface area contributed by atoms with Gasteiger partial charge in [0.2, 0.25) is 0 Å². The van der Waals surface area contributed by atoms with Gasteiger partial charge in [0, 0.05) is 6.54 Å². The van der Waals surface area contributed by atoms with Crippen LogP contribution in [0.15, 0.2) is 0 Å². The summed E-state index contributed by atoms with van der Waals surface area (Å²) in [5.74, 6) is -0.266. The summed E-state index contributed by atoms with van der Waals surface area (Å²) in [6.45, 7) is 3.95. The van der Waals surface area contributed by atoms with Gasteiger partial charge >= 0.3 is 6.03 Å². The Morgan fingerprint density at radius 1 is 1.58 bits per heavy atom. The fourth-order valence-corrected chi connectivity index (χ4v) is 1.33. The second-order valence-corrected chi connectivity index (χ2v) is 3.85. The van der Waals surface area contributed by atoms with Gasteiger partial charge in [-0.2, -0.15) is 0 Å². The first kappa shape index (κ1) is 9.38. The standard InChI is InChI=1S/C7H12N2O2S/c1-3-4-9-5(10)7(2,12)8-6(9)11/h12H,3-4H2,1-2H3,(H,8,11). The van der Waals surface area contributed by atoms with E-state index in [4.69, 9.17) is 0 Å². The van der Waals surface area contributed by atoms with E-state index in [1.807, 2.05) is 6.92 Å². The highest BCUT2D eigenvalue weighted by Crippen LogP contribution is 2.20. The van der Waals surface area contributed by atoms with Crippen molar-refractivity contribution >= 4 is 24.6 Å². The molecule has 3 amide bonds. The Morgan fingerprint density at radius 2 is 2.17 bits per heavy atom. The number of nitrogens with one attached hydrogen (secondary N) is 1. The molecule has 0 aromatic heterocycles. The molecule has 1 rings (SSSR count). The van der Waals surface area contributed by atoms with Crippen molar-refractivity contribution < 1.29 is 9.59 Å². The van der Waals surface area contributed by atoms with Crippen LogP contribution in [0.5, 0.6) is 0 Å². The molecule has 1 unspecified atom stereocenters. The number of rotatable bonds is 2. The number of nitrogens with zero attached hydrogens (tertiary/aromatic N) is 1. The Hall–Kier alpha value is -0.710. The van der Waals surface area contributed by atoms with Crippen LogP contribution in [0, 0.1) is 0 Å². The van der Waals surface area contributed by atoms with E-state index in [9.17, 15) is 9.59 Å². The second-order valence-electron chi connectivity index (χ2n) is 2.96. The summed E-state index contributed by atoms with van der Waals surface area (Å²) in [5.41, 5.74) is 0. The van der Waals surface area contributed by atoms with Crippen molar-refractivity contribution in [1.82, 2.24) is 10.2 Å². The van der Waals surface area contributed by atoms with E-state index in [1.165, 1.54) is 4.90 Å². The van der Waals surface area contributed by atoms with Crippen molar-refractivity contribution in [1.29, 1.82) is 0 Å². The van der Waals surface area contributed by atoms with Crippen LogP contribution in [0.3, 0.4) is 0 Å². The van der Waals surface area contributed by atoms with Gasteiger partial charge in [-0.05, 0) is 13.3 Å². The largest absolute Gasteiger partial charge is 0.325 e. The summed E-state index contributed by atoms with van der Waals surface area (Å²) in [4.78, 5) is 22.7. The van der Waals surface area contributed by atoms with E-state index < -0.39 is 4.87 Å². The summed E-state index contributed by atoms with van der Waals surface area (Å²) < 4.78 is 0. The number of amides is 3. The quantitative estimate of drug-likeness (QED) is 0.492. The van der Waals surface area contributed by atoms with Crippen molar-refractivity contribution in [2.24, 2.45) is 0 Å². The molecule has 0 saturated carbocycles. The van der Waals surface area contributed by atoms with Crippen LogP contribution in [-0.4, -0.2) is 28.3 Å². The van der Waals surface area contributed by atoms with E-state index in [0.29, 0.717) is 6.54 Å². The zero-order valence-electron chi connectivity index (χ0n) is 7.13. The Bertz CT molecular complexity index is 227. The molecule has 0 bridgehead atoms. The predicted molar refractivity (Wildman–Crippen MR) is 47.9 cm³/mol. The molecule has 1 atom stereocenters. The summed E-state index contributed by atoms with van der Waals surface area (Å²) in [7, 11) is 0. The normalized spacial score (nSPS) is 29.4. The molecule has 0 aromatic rings. The molecule has 5 heteroatoms. The predicted octanol–water partition coefficient (Wildman–Crippen LogP) is 0.594. The molecule has 1 fully saturated rings. The first-order chi connectivity index (χ1) is 5.49. The Kier molecular flexibility index (Phi) is 2.32. The monoisotopic (exact) mass is 188 g/mol. The molecule has 1 aliphatic rings. The summed E-state index contributed by atoms with van der Waals surface area (Å²) in [6, 6.07) is -0.348. The molecule has 68 valence electrons. The van der Waals surface area contributed by atoms with E-state index in [-0.39, 0.29) is 11.9 Å². The Morgan fingerprint density at radius 3 is 2.50 bits per heavy atom. The van der Waals surface area contributed by atoms with Crippen molar-refractivity contribution in [3.8, 4) is 0 Å². The Balaban J connectivity index is 2.78. The van der Waals surface area contributed by atoms with Gasteiger partial charge in [-0.1, -0.05) is 6.92 Å². The molecular weight excluding hydrogens is 176 g/mol. The van der Waals surface area contributed by atoms with Gasteiger partial charge in [0.25, 0.3) is 5.91 Å². The van der Waals surface area contributed by atoms with Crippen LogP contribution in [0.1, 0.15) is 20.3 Å². The number of hydrogen-bond acceptors (Lipinski definition) is 3. The van der Waals surface area contributed by atoms with Crippen molar-refractivity contribution in [2.45, 2.75) is 25.1 Å². The maximum absolute atomic E-state index is 11.4. The van der Waals surface area contributed by atoms with Gasteiger partial charge in [0.15, 0.2) is 4.87 Å². The van der Waals surface area contributed by atoms with E-state index in [2.05, 4.69) is 17.9 Å². The first-order valence-electron chi connectivity index (χ1n) is 3.85. The van der Waals surface area contributed by atoms with E-state index in [0.717, 1.165) is 6.42 Å². The highest BCUT2D eigenvalue weighted by Gasteiger charge is 2.44. The lowest BCUT2D eigenvalue weighted by molar-refractivity contribution is -0.128. The minimum atomic E-state index is -1.02. The van der Waals surface area contributed by atoms with E-state index in [1.54, 1.807) is 6.92 Å². The lowest BCUT2D eigenvalue weighted by Crippen LogP contribution is -2.37. The molecule has 12 heavy (non-hydrogen) atoms. The number of imide groups is 1. The van der Waals surface area contributed by atoms with Crippen LogP contribution >= 0.6 is 12.6 Å². The molecule has 0 aromatic carbocycles. The lowest BCUT2D eigenvalue weighted by atomic mass is 10.3. The van der Waals surface area contributed by atoms with Crippen LogP contribution < -0.4 is 5.32 Å². The average molecular weight is 188 g/mol. The smallest absolute Gasteiger partial charge is 0.315 e. The zero-order chi connectivity index (χ0) is 9.35. The minimum absolute atomic E-state index is 0.266. The maximum atomic E-state index is 11.4. The van der Waals surface area contributed by atoms with Crippen LogP contribution in [0.25, 0.3) is 0 Å². The number of carbonyl (C=O) groups excluding carboxylic acids is 2. The SMILES string of the molecule is CCCN1C(=O)NC(C)(S)C1=O. The molecule has 1 N–H and O–H groups in total. The molecule has 1 heterocycles. The average Bonchev–Trinajstić information content (AvgIpc) is 2.13. The zero-order valence-corrected chi connectivity index (χ0v) is 8.02. The highest BCUT2D eigenvalue weighted by atomic mass is 32.1. The third kappa shape index (κ3) is 1.41. The van der Waals surface area contributed by atoms with E-state index >= 15 is 0 Å². The molecule has 4 nitrogen and oxygen atoms in total. The summed E-state index contributed by atoms with van der Waals surface area (Å²) >= 11 is 4.03. The third-order valence-corrected chi connectivity index (χ3v) is 2.01. The van der Waals surface area contributed by atoms with Crippen molar-refractivity contribution in [3.63, 3.8) is 0 Å². The third-order valence-electron chi connectivity index (χ3n) is 1.70. The van der Waals surface area contributed by atoms with Gasteiger partial charge in [0.05, 0.1) is 0 Å². The van der Waals surface area contributed by atoms with Gasteiger partial charge in [0.1, 0.15) is 0 Å². The molecule has 1 saturated heterocycles. The highest BCUT2D eigenvalue weighted by molar-refractivity contribution is 7.82. The van der Waals surface area contributed by atoms with Crippen molar-refractivity contribution in [2.75, 3.05) is 6.54 Å². The first-order valence-corrected chi connectivity index (χ1v) is 4.30. The van der Waals surface area contributed by atoms with Crippen LogP contribution in [0.4, 0.5) is 4.79 Å². The van der Waals surface area contributed by atoms with Gasteiger partial charge in [-0.25, -0.2) is 4.79 Å². The van der Waals surface area contributed by atoms with Crippen LogP contribution in [-0.2, 0) is 4.79 Å². The maximum Gasteiger partial charge on any atom is 0.325 e. The molecule has 1 aliphatic heterocycles. The Labute approximate surface area is 76.7 Å². The topological polar surface area (TPSA) is 49.4 Å². The summed E-state index contributed by atoms with van der Waals surface area (Å²) in [6.07, 6.45) is 0.767. The number of thiol groups is 1. The van der Waals surface area contributed by atoms with Gasteiger partial charge < -0.3 is 5.32 Å². The second kappa shape index (κ2) is 2.97.